The second-order valence-corrected chi connectivity index (χ2v) is 5.02. The standard InChI is InChI=1S/C18H20F2O2/c1-3-11-22-15-7-4-13(5-8-15)16-9-6-14(10-12-21-2)17(19)18(16)20/h4-9H,3,10-12H2,1-2H3. The van der Waals surface area contributed by atoms with Crippen LogP contribution in [0.25, 0.3) is 11.1 Å². The lowest BCUT2D eigenvalue weighted by atomic mass is 10.0. The van der Waals surface area contributed by atoms with Gasteiger partial charge < -0.3 is 9.47 Å². The molecule has 2 nitrogen and oxygen atoms in total. The van der Waals surface area contributed by atoms with Crippen LogP contribution >= 0.6 is 0 Å². The van der Waals surface area contributed by atoms with Crippen molar-refractivity contribution in [3.63, 3.8) is 0 Å². The summed E-state index contributed by atoms with van der Waals surface area (Å²) in [6, 6.07) is 10.2. The molecule has 0 saturated carbocycles. The van der Waals surface area contributed by atoms with Gasteiger partial charge in [0.25, 0.3) is 0 Å². The quantitative estimate of drug-likeness (QED) is 0.743. The summed E-state index contributed by atoms with van der Waals surface area (Å²) in [7, 11) is 1.53. The Kier molecular flexibility index (Phi) is 5.90. The molecule has 2 aromatic carbocycles. The molecule has 0 N–H and O–H groups in total. The first-order valence-electron chi connectivity index (χ1n) is 7.36. The van der Waals surface area contributed by atoms with Gasteiger partial charge in [-0.25, -0.2) is 8.78 Å². The molecule has 0 aromatic heterocycles. The minimum absolute atomic E-state index is 0.251. The van der Waals surface area contributed by atoms with Crippen molar-refractivity contribution in [1.29, 1.82) is 0 Å². The van der Waals surface area contributed by atoms with E-state index in [2.05, 4.69) is 0 Å². The van der Waals surface area contributed by atoms with Gasteiger partial charge in [-0.1, -0.05) is 31.2 Å². The highest BCUT2D eigenvalue weighted by molar-refractivity contribution is 5.65. The molecule has 0 bridgehead atoms. The van der Waals surface area contributed by atoms with Crippen molar-refractivity contribution >= 4 is 0 Å². The normalized spacial score (nSPS) is 10.7. The second-order valence-electron chi connectivity index (χ2n) is 5.02. The molecule has 0 fully saturated rings. The molecular formula is C18H20F2O2. The number of hydrogen-bond acceptors (Lipinski definition) is 2. The largest absolute Gasteiger partial charge is 0.494 e. The van der Waals surface area contributed by atoms with Gasteiger partial charge in [0, 0.05) is 12.7 Å². The van der Waals surface area contributed by atoms with Gasteiger partial charge in [0.2, 0.25) is 0 Å². The van der Waals surface area contributed by atoms with E-state index in [9.17, 15) is 8.78 Å². The highest BCUT2D eigenvalue weighted by Gasteiger charge is 2.14. The van der Waals surface area contributed by atoms with Crippen molar-refractivity contribution in [1.82, 2.24) is 0 Å². The van der Waals surface area contributed by atoms with Crippen molar-refractivity contribution < 1.29 is 18.3 Å². The maximum Gasteiger partial charge on any atom is 0.166 e. The molecule has 0 spiro atoms. The summed E-state index contributed by atoms with van der Waals surface area (Å²) in [6.45, 7) is 3.02. The Hall–Kier alpha value is -1.94. The second kappa shape index (κ2) is 7.90. The van der Waals surface area contributed by atoms with Crippen molar-refractivity contribution in [3.05, 3.63) is 53.6 Å². The zero-order valence-electron chi connectivity index (χ0n) is 12.9. The Morgan fingerprint density at radius 2 is 1.64 bits per heavy atom. The molecule has 2 rings (SSSR count). The van der Waals surface area contributed by atoms with Gasteiger partial charge in [0.05, 0.1) is 13.2 Å². The molecule has 0 saturated heterocycles. The van der Waals surface area contributed by atoms with E-state index >= 15 is 0 Å². The molecule has 4 heteroatoms. The number of methoxy groups -OCH3 is 1. The van der Waals surface area contributed by atoms with E-state index in [1.54, 1.807) is 36.4 Å². The molecule has 118 valence electrons. The van der Waals surface area contributed by atoms with Crippen LogP contribution < -0.4 is 4.74 Å². The van der Waals surface area contributed by atoms with Crippen LogP contribution in [0.2, 0.25) is 0 Å². The molecule has 0 radical (unpaired) electrons. The van der Waals surface area contributed by atoms with E-state index in [4.69, 9.17) is 9.47 Å². The van der Waals surface area contributed by atoms with Gasteiger partial charge in [-0.15, -0.1) is 0 Å². The smallest absolute Gasteiger partial charge is 0.166 e. The fourth-order valence-electron chi connectivity index (χ4n) is 2.17. The summed E-state index contributed by atoms with van der Waals surface area (Å²) in [5.41, 5.74) is 1.20. The maximum absolute atomic E-state index is 14.2. The first-order chi connectivity index (χ1) is 10.7. The third-order valence-corrected chi connectivity index (χ3v) is 3.38. The highest BCUT2D eigenvalue weighted by Crippen LogP contribution is 2.28. The van der Waals surface area contributed by atoms with E-state index in [0.717, 1.165) is 12.2 Å². The Balaban J connectivity index is 2.23. The lowest BCUT2D eigenvalue weighted by Gasteiger charge is -2.10. The summed E-state index contributed by atoms with van der Waals surface area (Å²) in [5.74, 6) is -0.903. The molecule has 0 aliphatic heterocycles. The zero-order chi connectivity index (χ0) is 15.9. The third-order valence-electron chi connectivity index (χ3n) is 3.38. The summed E-state index contributed by atoms with van der Waals surface area (Å²) < 4.78 is 38.7. The van der Waals surface area contributed by atoms with Gasteiger partial charge >= 0.3 is 0 Å². The molecule has 2 aromatic rings. The Labute approximate surface area is 129 Å². The van der Waals surface area contributed by atoms with E-state index in [0.29, 0.717) is 30.8 Å². The highest BCUT2D eigenvalue weighted by atomic mass is 19.2. The molecule has 0 aliphatic carbocycles. The molecular weight excluding hydrogens is 286 g/mol. The fourth-order valence-corrected chi connectivity index (χ4v) is 2.17. The van der Waals surface area contributed by atoms with Crippen molar-refractivity contribution in [3.8, 4) is 16.9 Å². The van der Waals surface area contributed by atoms with E-state index in [1.165, 1.54) is 7.11 Å². The Bertz CT molecular complexity index is 609. The summed E-state index contributed by atoms with van der Waals surface area (Å²) in [6.07, 6.45) is 1.27. The van der Waals surface area contributed by atoms with Crippen molar-refractivity contribution in [2.24, 2.45) is 0 Å². The van der Waals surface area contributed by atoms with E-state index in [1.807, 2.05) is 6.92 Å². The minimum atomic E-state index is -0.823. The molecule has 22 heavy (non-hydrogen) atoms. The number of rotatable bonds is 7. The van der Waals surface area contributed by atoms with Crippen molar-refractivity contribution in [2.45, 2.75) is 19.8 Å². The monoisotopic (exact) mass is 306 g/mol. The van der Waals surface area contributed by atoms with Crippen LogP contribution in [0, 0.1) is 11.6 Å². The average molecular weight is 306 g/mol. The van der Waals surface area contributed by atoms with Crippen LogP contribution in [0.15, 0.2) is 36.4 Å². The van der Waals surface area contributed by atoms with Crippen LogP contribution in [0.5, 0.6) is 5.75 Å². The molecule has 0 aliphatic rings. The topological polar surface area (TPSA) is 18.5 Å². The van der Waals surface area contributed by atoms with Gasteiger partial charge in [-0.05, 0) is 36.1 Å². The molecule has 0 heterocycles. The van der Waals surface area contributed by atoms with Crippen LogP contribution in [-0.4, -0.2) is 20.3 Å². The summed E-state index contributed by atoms with van der Waals surface area (Å²) in [4.78, 5) is 0. The number of halogens is 2. The number of ether oxygens (including phenoxy) is 2. The van der Waals surface area contributed by atoms with Crippen LogP contribution in [0.3, 0.4) is 0 Å². The predicted molar refractivity (Wildman–Crippen MR) is 83.2 cm³/mol. The number of hydrogen-bond donors (Lipinski definition) is 0. The first kappa shape index (κ1) is 16.4. The third kappa shape index (κ3) is 3.83. The zero-order valence-corrected chi connectivity index (χ0v) is 12.9. The summed E-state index contributed by atoms with van der Waals surface area (Å²) in [5, 5.41) is 0. The van der Waals surface area contributed by atoms with Crippen molar-refractivity contribution in [2.75, 3.05) is 20.3 Å². The Morgan fingerprint density at radius 3 is 2.27 bits per heavy atom. The molecule has 0 atom stereocenters. The van der Waals surface area contributed by atoms with Gasteiger partial charge in [0.15, 0.2) is 11.6 Å². The van der Waals surface area contributed by atoms with Crippen LogP contribution in [-0.2, 0) is 11.2 Å². The average Bonchev–Trinajstić information content (AvgIpc) is 2.55. The van der Waals surface area contributed by atoms with Gasteiger partial charge in [-0.3, -0.25) is 0 Å². The maximum atomic E-state index is 14.2. The van der Waals surface area contributed by atoms with Crippen LogP contribution in [0.1, 0.15) is 18.9 Å². The summed E-state index contributed by atoms with van der Waals surface area (Å²) >= 11 is 0. The SMILES string of the molecule is CCCOc1ccc(-c2ccc(CCOC)c(F)c2F)cc1. The number of benzene rings is 2. The lowest BCUT2D eigenvalue weighted by molar-refractivity contribution is 0.201. The molecule has 0 amide bonds. The van der Waals surface area contributed by atoms with Crippen LogP contribution in [0.4, 0.5) is 8.78 Å². The fraction of sp³-hybridized carbons (Fsp3) is 0.333. The Morgan fingerprint density at radius 1 is 0.909 bits per heavy atom. The van der Waals surface area contributed by atoms with E-state index in [-0.39, 0.29) is 5.56 Å². The van der Waals surface area contributed by atoms with Gasteiger partial charge in [-0.2, -0.15) is 0 Å². The predicted octanol–water partition coefficient (Wildman–Crippen LogP) is 4.61. The first-order valence-corrected chi connectivity index (χ1v) is 7.36. The minimum Gasteiger partial charge on any atom is -0.494 e. The lowest BCUT2D eigenvalue weighted by Crippen LogP contribution is -2.01. The molecule has 0 unspecified atom stereocenters. The van der Waals surface area contributed by atoms with Gasteiger partial charge in [0.1, 0.15) is 5.75 Å². The van der Waals surface area contributed by atoms with E-state index < -0.39 is 11.6 Å².